The average Bonchev–Trinajstić information content (AvgIpc) is 2.72. The van der Waals surface area contributed by atoms with Crippen molar-refractivity contribution in [3.05, 3.63) is 69.2 Å². The lowest BCUT2D eigenvalue weighted by Gasteiger charge is -2.29. The molecule has 0 fully saturated rings. The van der Waals surface area contributed by atoms with Gasteiger partial charge in [-0.2, -0.15) is 26.3 Å². The quantitative estimate of drug-likeness (QED) is 0.298. The van der Waals surface area contributed by atoms with Gasteiger partial charge in [-0.05, 0) is 37.1 Å². The maximum absolute atomic E-state index is 14.0. The smallest absolute Gasteiger partial charge is 0.416 e. The molecule has 0 heterocycles. The van der Waals surface area contributed by atoms with Crippen molar-refractivity contribution in [2.24, 2.45) is 0 Å². The van der Waals surface area contributed by atoms with Gasteiger partial charge in [-0.3, -0.25) is 9.59 Å². The highest BCUT2D eigenvalue weighted by atomic mass is 35.5. The Bertz CT molecular complexity index is 1010. The van der Waals surface area contributed by atoms with Crippen molar-refractivity contribution in [3.8, 4) is 0 Å². The first-order chi connectivity index (χ1) is 15.8. The van der Waals surface area contributed by atoms with Crippen LogP contribution in [0.4, 0.5) is 26.3 Å². The van der Waals surface area contributed by atoms with Crippen LogP contribution in [0.15, 0.2) is 42.5 Å². The Balaban J connectivity index is 2.41. The standard InChI is InChI=1S/C22H19Cl2F6NO3/c1-2-34-17(32)12-31(10-9-13-5-3-6-14(11-13)21(25,26)27)20(33)19(22(28,29)30)18-15(23)7-4-8-16(18)24/h3-8,11,19H,2,9-10,12H2,1H3. The maximum atomic E-state index is 14.0. The van der Waals surface area contributed by atoms with E-state index < -0.39 is 64.4 Å². The predicted octanol–water partition coefficient (Wildman–Crippen LogP) is 6.29. The van der Waals surface area contributed by atoms with Gasteiger partial charge in [0.2, 0.25) is 5.91 Å². The molecule has 2 aromatic carbocycles. The second kappa shape index (κ2) is 11.3. The molecule has 34 heavy (non-hydrogen) atoms. The number of ether oxygens (including phenoxy) is 1. The zero-order valence-electron chi connectivity index (χ0n) is 17.6. The Hall–Kier alpha value is -2.46. The van der Waals surface area contributed by atoms with Gasteiger partial charge in [0.15, 0.2) is 5.92 Å². The van der Waals surface area contributed by atoms with Gasteiger partial charge < -0.3 is 9.64 Å². The van der Waals surface area contributed by atoms with Crippen LogP contribution < -0.4 is 0 Å². The Morgan fingerprint density at radius 2 is 1.59 bits per heavy atom. The highest BCUT2D eigenvalue weighted by Gasteiger charge is 2.49. The summed E-state index contributed by atoms with van der Waals surface area (Å²) in [7, 11) is 0. The number of amides is 1. The van der Waals surface area contributed by atoms with Crippen LogP contribution >= 0.6 is 23.2 Å². The third-order valence-electron chi connectivity index (χ3n) is 4.72. The molecule has 1 amide bonds. The summed E-state index contributed by atoms with van der Waals surface area (Å²) in [4.78, 5) is 25.7. The summed E-state index contributed by atoms with van der Waals surface area (Å²) in [5.41, 5.74) is -1.53. The molecule has 12 heteroatoms. The average molecular weight is 530 g/mol. The van der Waals surface area contributed by atoms with Gasteiger partial charge in [0.05, 0.1) is 12.2 Å². The molecule has 0 N–H and O–H groups in total. The molecule has 0 saturated carbocycles. The summed E-state index contributed by atoms with van der Waals surface area (Å²) in [5.74, 6) is -5.32. The van der Waals surface area contributed by atoms with Crippen LogP contribution in [-0.4, -0.2) is 42.6 Å². The van der Waals surface area contributed by atoms with E-state index in [0.29, 0.717) is 4.90 Å². The summed E-state index contributed by atoms with van der Waals surface area (Å²) < 4.78 is 85.7. The molecule has 2 aromatic rings. The summed E-state index contributed by atoms with van der Waals surface area (Å²) in [6.07, 6.45) is -10.0. The molecule has 0 spiro atoms. The zero-order valence-corrected chi connectivity index (χ0v) is 19.2. The van der Waals surface area contributed by atoms with Crippen molar-refractivity contribution in [1.82, 2.24) is 4.90 Å². The number of carbonyl (C=O) groups is 2. The van der Waals surface area contributed by atoms with Gasteiger partial charge in [-0.15, -0.1) is 0 Å². The van der Waals surface area contributed by atoms with Crippen molar-refractivity contribution < 1.29 is 40.7 Å². The molecule has 186 valence electrons. The lowest BCUT2D eigenvalue weighted by Crippen LogP contribution is -2.44. The third-order valence-corrected chi connectivity index (χ3v) is 5.38. The van der Waals surface area contributed by atoms with Gasteiger partial charge in [-0.25, -0.2) is 0 Å². The summed E-state index contributed by atoms with van der Waals surface area (Å²) in [5, 5.41) is -0.811. The van der Waals surface area contributed by atoms with Crippen molar-refractivity contribution in [2.75, 3.05) is 19.7 Å². The van der Waals surface area contributed by atoms with Crippen LogP contribution in [0, 0.1) is 0 Å². The second-order valence-corrected chi connectivity index (χ2v) is 7.94. The highest BCUT2D eigenvalue weighted by Crippen LogP contribution is 2.42. The van der Waals surface area contributed by atoms with Crippen LogP contribution in [0.3, 0.4) is 0 Å². The second-order valence-electron chi connectivity index (χ2n) is 7.12. The molecule has 0 radical (unpaired) electrons. The molecule has 1 unspecified atom stereocenters. The van der Waals surface area contributed by atoms with E-state index in [1.807, 2.05) is 0 Å². The molecule has 0 aliphatic heterocycles. The first kappa shape index (κ1) is 27.8. The largest absolute Gasteiger partial charge is 0.465 e. The number of alkyl halides is 6. The highest BCUT2D eigenvalue weighted by molar-refractivity contribution is 6.36. The van der Waals surface area contributed by atoms with Crippen molar-refractivity contribution in [2.45, 2.75) is 31.6 Å². The van der Waals surface area contributed by atoms with E-state index in [0.717, 1.165) is 30.3 Å². The molecule has 4 nitrogen and oxygen atoms in total. The lowest BCUT2D eigenvalue weighted by atomic mass is 9.96. The molecular formula is C22H19Cl2F6NO3. The van der Waals surface area contributed by atoms with Crippen LogP contribution in [0.5, 0.6) is 0 Å². The zero-order chi connectivity index (χ0) is 25.7. The minimum absolute atomic E-state index is 0.0897. The van der Waals surface area contributed by atoms with Crippen molar-refractivity contribution in [3.63, 3.8) is 0 Å². The first-order valence-corrected chi connectivity index (χ1v) is 10.6. The SMILES string of the molecule is CCOC(=O)CN(CCc1cccc(C(F)(F)F)c1)C(=O)C(c1c(Cl)cccc1Cl)C(F)(F)F. The molecule has 0 bridgehead atoms. The number of nitrogens with zero attached hydrogens (tertiary/aromatic N) is 1. The first-order valence-electron chi connectivity index (χ1n) is 9.86. The minimum Gasteiger partial charge on any atom is -0.465 e. The molecule has 0 aromatic heterocycles. The maximum Gasteiger partial charge on any atom is 0.416 e. The molecule has 0 aliphatic carbocycles. The van der Waals surface area contributed by atoms with Gasteiger partial charge in [-0.1, -0.05) is 47.5 Å². The predicted molar refractivity (Wildman–Crippen MR) is 114 cm³/mol. The van der Waals surface area contributed by atoms with E-state index in [1.54, 1.807) is 0 Å². The van der Waals surface area contributed by atoms with E-state index in [-0.39, 0.29) is 18.6 Å². The number of carbonyl (C=O) groups excluding carboxylic acids is 2. The molecule has 1 atom stereocenters. The summed E-state index contributed by atoms with van der Waals surface area (Å²) >= 11 is 11.8. The number of esters is 1. The number of benzene rings is 2. The van der Waals surface area contributed by atoms with Gasteiger partial charge in [0.1, 0.15) is 6.54 Å². The number of hydrogen-bond donors (Lipinski definition) is 0. The molecular weight excluding hydrogens is 511 g/mol. The van der Waals surface area contributed by atoms with Crippen LogP contribution in [0.1, 0.15) is 29.5 Å². The Morgan fingerprint density at radius 3 is 2.12 bits per heavy atom. The monoisotopic (exact) mass is 529 g/mol. The van der Waals surface area contributed by atoms with E-state index in [1.165, 1.54) is 19.1 Å². The number of hydrogen-bond acceptors (Lipinski definition) is 3. The van der Waals surface area contributed by atoms with E-state index >= 15 is 0 Å². The van der Waals surface area contributed by atoms with Crippen LogP contribution in [-0.2, 0) is 26.9 Å². The van der Waals surface area contributed by atoms with E-state index in [4.69, 9.17) is 27.9 Å². The Kier molecular flexibility index (Phi) is 9.24. The minimum atomic E-state index is -5.13. The lowest BCUT2D eigenvalue weighted by molar-refractivity contribution is -0.174. The summed E-state index contributed by atoms with van der Waals surface area (Å²) in [6, 6.07) is 7.69. The fraction of sp³-hybridized carbons (Fsp3) is 0.364. The molecule has 0 aliphatic rings. The molecule has 0 saturated heterocycles. The normalized spacial score (nSPS) is 12.9. The van der Waals surface area contributed by atoms with Crippen molar-refractivity contribution in [1.29, 1.82) is 0 Å². The fourth-order valence-electron chi connectivity index (χ4n) is 3.19. The topological polar surface area (TPSA) is 46.6 Å². The van der Waals surface area contributed by atoms with Crippen LogP contribution in [0.25, 0.3) is 0 Å². The Morgan fingerprint density at radius 1 is 1.00 bits per heavy atom. The van der Waals surface area contributed by atoms with E-state index in [9.17, 15) is 35.9 Å². The summed E-state index contributed by atoms with van der Waals surface area (Å²) in [6.45, 7) is 0.0379. The van der Waals surface area contributed by atoms with Gasteiger partial charge in [0, 0.05) is 22.2 Å². The van der Waals surface area contributed by atoms with Gasteiger partial charge in [0.25, 0.3) is 0 Å². The molecule has 2 rings (SSSR count). The van der Waals surface area contributed by atoms with Crippen LogP contribution in [0.2, 0.25) is 10.0 Å². The number of halogens is 8. The van der Waals surface area contributed by atoms with E-state index in [2.05, 4.69) is 0 Å². The number of rotatable bonds is 8. The Labute approximate surface area is 201 Å². The van der Waals surface area contributed by atoms with Crippen molar-refractivity contribution >= 4 is 35.1 Å². The fourth-order valence-corrected chi connectivity index (χ4v) is 3.81. The third kappa shape index (κ3) is 7.27. The van der Waals surface area contributed by atoms with Gasteiger partial charge >= 0.3 is 18.3 Å².